The molecule has 0 saturated carbocycles. The normalized spacial score (nSPS) is 11.1. The van der Waals surface area contributed by atoms with Gasteiger partial charge in [0.15, 0.2) is 5.82 Å². The van der Waals surface area contributed by atoms with Crippen molar-refractivity contribution in [2.24, 2.45) is 0 Å². The fraction of sp³-hybridized carbons (Fsp3) is 0.333. The molecular weight excluding hydrogens is 300 g/mol. The molecule has 90 valence electrons. The smallest absolute Gasteiger partial charge is 0.254 e. The van der Waals surface area contributed by atoms with Crippen molar-refractivity contribution in [1.29, 1.82) is 0 Å². The lowest BCUT2D eigenvalue weighted by molar-refractivity contribution is 0.815. The molecule has 0 atom stereocenters. The van der Waals surface area contributed by atoms with Gasteiger partial charge in [-0.3, -0.25) is 4.79 Å². The van der Waals surface area contributed by atoms with E-state index in [1.165, 1.54) is 0 Å². The fourth-order valence-corrected chi connectivity index (χ4v) is 3.20. The zero-order valence-electron chi connectivity index (χ0n) is 9.87. The number of nitrogens with zero attached hydrogens (tertiary/aromatic N) is 1. The second kappa shape index (κ2) is 4.74. The first kappa shape index (κ1) is 12.5. The van der Waals surface area contributed by atoms with Gasteiger partial charge in [0, 0.05) is 21.1 Å². The minimum atomic E-state index is -0.0352. The van der Waals surface area contributed by atoms with Crippen LogP contribution < -0.4 is 5.56 Å². The van der Waals surface area contributed by atoms with E-state index in [0.717, 1.165) is 20.6 Å². The van der Waals surface area contributed by atoms with Gasteiger partial charge in [0.2, 0.25) is 0 Å². The molecule has 2 aromatic rings. The summed E-state index contributed by atoms with van der Waals surface area (Å²) in [5.74, 6) is 0.836. The van der Waals surface area contributed by atoms with Crippen LogP contribution in [0.4, 0.5) is 0 Å². The van der Waals surface area contributed by atoms with Crippen LogP contribution in [0.1, 0.15) is 31.0 Å². The Balaban J connectivity index is 2.57. The third-order valence-corrected chi connectivity index (χ3v) is 4.22. The van der Waals surface area contributed by atoms with Crippen LogP contribution in [0.25, 0.3) is 10.7 Å². The van der Waals surface area contributed by atoms with Crippen molar-refractivity contribution in [3.05, 3.63) is 37.5 Å². The lowest BCUT2D eigenvalue weighted by Gasteiger charge is -2.08. The van der Waals surface area contributed by atoms with Gasteiger partial charge in [0.05, 0.1) is 4.88 Å². The second-order valence-electron chi connectivity index (χ2n) is 4.20. The molecule has 2 heterocycles. The van der Waals surface area contributed by atoms with E-state index < -0.39 is 0 Å². The van der Waals surface area contributed by atoms with Crippen molar-refractivity contribution >= 4 is 27.3 Å². The molecule has 0 spiro atoms. The average Bonchev–Trinajstić information content (AvgIpc) is 2.63. The molecule has 0 radical (unpaired) electrons. The number of rotatable bonds is 2. The summed E-state index contributed by atoms with van der Waals surface area (Å²) in [6.45, 7) is 5.89. The SMILES string of the molecule is Cc1nc(-c2cc(Br)cs2)[nH]c(=O)c1C(C)C. The monoisotopic (exact) mass is 312 g/mol. The van der Waals surface area contributed by atoms with E-state index in [2.05, 4.69) is 25.9 Å². The van der Waals surface area contributed by atoms with Gasteiger partial charge < -0.3 is 4.98 Å². The fourth-order valence-electron chi connectivity index (χ4n) is 1.83. The molecule has 2 aromatic heterocycles. The van der Waals surface area contributed by atoms with Crippen LogP contribution >= 0.6 is 27.3 Å². The molecule has 3 nitrogen and oxygen atoms in total. The topological polar surface area (TPSA) is 45.8 Å². The van der Waals surface area contributed by atoms with Gasteiger partial charge in [-0.25, -0.2) is 4.98 Å². The first-order valence-corrected chi connectivity index (χ1v) is 7.01. The number of nitrogens with one attached hydrogen (secondary N) is 1. The van der Waals surface area contributed by atoms with Crippen molar-refractivity contribution in [3.8, 4) is 10.7 Å². The van der Waals surface area contributed by atoms with E-state index in [1.807, 2.05) is 32.2 Å². The molecular formula is C12H13BrN2OS. The first-order valence-electron chi connectivity index (χ1n) is 5.34. The standard InChI is InChI=1S/C12H13BrN2OS/c1-6(2)10-7(3)14-11(15-12(10)16)9-4-8(13)5-17-9/h4-6H,1-3H3,(H,14,15,16). The highest BCUT2D eigenvalue weighted by atomic mass is 79.9. The van der Waals surface area contributed by atoms with E-state index in [-0.39, 0.29) is 11.5 Å². The highest BCUT2D eigenvalue weighted by Crippen LogP contribution is 2.27. The number of thiophene rings is 1. The summed E-state index contributed by atoms with van der Waals surface area (Å²) in [5.41, 5.74) is 1.54. The van der Waals surface area contributed by atoms with E-state index in [4.69, 9.17) is 0 Å². The highest BCUT2D eigenvalue weighted by molar-refractivity contribution is 9.10. The van der Waals surface area contributed by atoms with Crippen LogP contribution in [0.3, 0.4) is 0 Å². The number of hydrogen-bond acceptors (Lipinski definition) is 3. The molecule has 17 heavy (non-hydrogen) atoms. The lowest BCUT2D eigenvalue weighted by Crippen LogP contribution is -2.18. The zero-order chi connectivity index (χ0) is 12.6. The maximum absolute atomic E-state index is 12.0. The van der Waals surface area contributed by atoms with Gasteiger partial charge in [-0.15, -0.1) is 11.3 Å². The van der Waals surface area contributed by atoms with E-state index in [1.54, 1.807) is 11.3 Å². The number of hydrogen-bond donors (Lipinski definition) is 1. The summed E-state index contributed by atoms with van der Waals surface area (Å²) in [6.07, 6.45) is 0. The number of H-pyrrole nitrogens is 1. The van der Waals surface area contributed by atoms with Crippen molar-refractivity contribution in [2.45, 2.75) is 26.7 Å². The van der Waals surface area contributed by atoms with Crippen molar-refractivity contribution < 1.29 is 0 Å². The predicted molar refractivity (Wildman–Crippen MR) is 74.7 cm³/mol. The molecule has 0 aromatic carbocycles. The van der Waals surface area contributed by atoms with E-state index in [0.29, 0.717) is 5.82 Å². The Bertz CT molecular complexity index is 601. The summed E-state index contributed by atoms with van der Waals surface area (Å²) in [4.78, 5) is 20.3. The molecule has 5 heteroatoms. The van der Waals surface area contributed by atoms with Crippen LogP contribution in [-0.4, -0.2) is 9.97 Å². The maximum atomic E-state index is 12.0. The minimum absolute atomic E-state index is 0.0352. The lowest BCUT2D eigenvalue weighted by atomic mass is 10.0. The third kappa shape index (κ3) is 2.50. The van der Waals surface area contributed by atoms with Crippen LogP contribution in [0.5, 0.6) is 0 Å². The van der Waals surface area contributed by atoms with Gasteiger partial charge in [-0.1, -0.05) is 13.8 Å². The summed E-state index contributed by atoms with van der Waals surface area (Å²) in [6, 6.07) is 1.96. The summed E-state index contributed by atoms with van der Waals surface area (Å²) < 4.78 is 1.01. The van der Waals surface area contributed by atoms with Gasteiger partial charge in [0.25, 0.3) is 5.56 Å². The minimum Gasteiger partial charge on any atom is -0.306 e. The molecule has 0 saturated heterocycles. The molecule has 0 amide bonds. The molecule has 1 N–H and O–H groups in total. The van der Waals surface area contributed by atoms with Gasteiger partial charge in [0.1, 0.15) is 0 Å². The number of aromatic nitrogens is 2. The average molecular weight is 313 g/mol. The molecule has 0 bridgehead atoms. The van der Waals surface area contributed by atoms with Crippen LogP contribution in [0.15, 0.2) is 20.7 Å². The van der Waals surface area contributed by atoms with Crippen molar-refractivity contribution in [1.82, 2.24) is 9.97 Å². The summed E-state index contributed by atoms with van der Waals surface area (Å²) >= 11 is 4.95. The van der Waals surface area contributed by atoms with Crippen LogP contribution in [0, 0.1) is 6.92 Å². The summed E-state index contributed by atoms with van der Waals surface area (Å²) in [7, 11) is 0. The predicted octanol–water partition coefficient (Wildman–Crippen LogP) is 3.69. The third-order valence-electron chi connectivity index (χ3n) is 2.52. The maximum Gasteiger partial charge on any atom is 0.254 e. The quantitative estimate of drug-likeness (QED) is 0.919. The van der Waals surface area contributed by atoms with E-state index in [9.17, 15) is 4.79 Å². The molecule has 0 aliphatic rings. The molecule has 0 fully saturated rings. The number of aromatic amines is 1. The molecule has 2 rings (SSSR count). The van der Waals surface area contributed by atoms with Crippen molar-refractivity contribution in [2.75, 3.05) is 0 Å². The largest absolute Gasteiger partial charge is 0.306 e. The molecule has 0 unspecified atom stereocenters. The van der Waals surface area contributed by atoms with Gasteiger partial charge >= 0.3 is 0 Å². The van der Waals surface area contributed by atoms with Crippen LogP contribution in [-0.2, 0) is 0 Å². The first-order chi connectivity index (χ1) is 7.99. The van der Waals surface area contributed by atoms with Crippen LogP contribution in [0.2, 0.25) is 0 Å². The highest BCUT2D eigenvalue weighted by Gasteiger charge is 2.13. The Hall–Kier alpha value is -0.940. The van der Waals surface area contributed by atoms with Gasteiger partial charge in [-0.2, -0.15) is 0 Å². The number of halogens is 1. The zero-order valence-corrected chi connectivity index (χ0v) is 12.3. The Morgan fingerprint density at radius 3 is 2.65 bits per heavy atom. The Morgan fingerprint density at radius 1 is 1.47 bits per heavy atom. The van der Waals surface area contributed by atoms with Crippen molar-refractivity contribution in [3.63, 3.8) is 0 Å². The Kier molecular flexibility index (Phi) is 3.49. The Morgan fingerprint density at radius 2 is 2.18 bits per heavy atom. The van der Waals surface area contributed by atoms with E-state index >= 15 is 0 Å². The number of aryl methyl sites for hydroxylation is 1. The summed E-state index contributed by atoms with van der Waals surface area (Å²) in [5, 5.41) is 1.97. The second-order valence-corrected chi connectivity index (χ2v) is 6.02. The Labute approximate surface area is 112 Å². The molecule has 0 aliphatic heterocycles. The van der Waals surface area contributed by atoms with Gasteiger partial charge in [-0.05, 0) is 34.8 Å². The molecule has 0 aliphatic carbocycles.